The molecule has 19 heavy (non-hydrogen) atoms. The minimum absolute atomic E-state index is 0.467. The summed E-state index contributed by atoms with van der Waals surface area (Å²) in [4.78, 5) is 1.19. The number of hydrogen-bond acceptors (Lipinski definition) is 5. The van der Waals surface area contributed by atoms with Crippen molar-refractivity contribution in [2.24, 2.45) is 7.05 Å². The minimum Gasteiger partial charge on any atom is -0.310 e. The first-order chi connectivity index (χ1) is 9.06. The van der Waals surface area contributed by atoms with Crippen molar-refractivity contribution in [3.05, 3.63) is 29.3 Å². The quantitative estimate of drug-likeness (QED) is 0.907. The van der Waals surface area contributed by atoms with Crippen LogP contribution in [0.1, 0.15) is 25.0 Å². The van der Waals surface area contributed by atoms with Gasteiger partial charge in [0.15, 0.2) is 0 Å². The van der Waals surface area contributed by atoms with Crippen LogP contribution in [0.4, 0.5) is 0 Å². The molecule has 5 nitrogen and oxygen atoms in total. The van der Waals surface area contributed by atoms with Gasteiger partial charge in [-0.2, -0.15) is 0 Å². The van der Waals surface area contributed by atoms with Crippen LogP contribution in [-0.2, 0) is 13.6 Å². The fourth-order valence-corrected chi connectivity index (χ4v) is 2.51. The summed E-state index contributed by atoms with van der Waals surface area (Å²) < 4.78 is 1.68. The highest BCUT2D eigenvalue weighted by Crippen LogP contribution is 2.29. The van der Waals surface area contributed by atoms with Crippen LogP contribution in [0.2, 0.25) is 0 Å². The summed E-state index contributed by atoms with van der Waals surface area (Å²) in [6.07, 6.45) is 0. The lowest BCUT2D eigenvalue weighted by molar-refractivity contribution is 0.584. The number of aryl methyl sites for hydroxylation is 2. The third-order valence-electron chi connectivity index (χ3n) is 2.70. The van der Waals surface area contributed by atoms with Crippen molar-refractivity contribution in [2.45, 2.75) is 43.4 Å². The first-order valence-electron chi connectivity index (χ1n) is 6.29. The molecule has 0 saturated carbocycles. The maximum atomic E-state index is 4.01. The summed E-state index contributed by atoms with van der Waals surface area (Å²) >= 11 is 1.59. The van der Waals surface area contributed by atoms with Crippen molar-refractivity contribution in [3.63, 3.8) is 0 Å². The van der Waals surface area contributed by atoms with Gasteiger partial charge in [0.1, 0.15) is 0 Å². The summed E-state index contributed by atoms with van der Waals surface area (Å²) in [7, 11) is 1.85. The van der Waals surface area contributed by atoms with Crippen LogP contribution in [0.15, 0.2) is 28.3 Å². The molecule has 102 valence electrons. The third-order valence-corrected chi connectivity index (χ3v) is 3.85. The van der Waals surface area contributed by atoms with Crippen molar-refractivity contribution in [1.29, 1.82) is 0 Å². The molecule has 1 aromatic heterocycles. The molecular weight excluding hydrogens is 258 g/mol. The van der Waals surface area contributed by atoms with Crippen molar-refractivity contribution in [2.75, 3.05) is 0 Å². The molecule has 0 fully saturated rings. The van der Waals surface area contributed by atoms with Gasteiger partial charge < -0.3 is 5.32 Å². The highest BCUT2D eigenvalue weighted by Gasteiger charge is 2.09. The normalized spacial score (nSPS) is 11.2. The summed E-state index contributed by atoms with van der Waals surface area (Å²) in [5, 5.41) is 15.8. The Bertz CT molecular complexity index is 550. The van der Waals surface area contributed by atoms with Gasteiger partial charge in [0.25, 0.3) is 0 Å². The molecule has 0 aliphatic rings. The van der Waals surface area contributed by atoms with Gasteiger partial charge in [-0.05, 0) is 40.7 Å². The second-order valence-corrected chi connectivity index (χ2v) is 5.84. The largest absolute Gasteiger partial charge is 0.310 e. The molecule has 0 bridgehead atoms. The van der Waals surface area contributed by atoms with Gasteiger partial charge >= 0.3 is 0 Å². The Morgan fingerprint density at radius 1 is 1.37 bits per heavy atom. The Morgan fingerprint density at radius 2 is 2.16 bits per heavy atom. The zero-order chi connectivity index (χ0) is 13.8. The first kappa shape index (κ1) is 14.0. The van der Waals surface area contributed by atoms with Crippen LogP contribution in [0, 0.1) is 6.92 Å². The van der Waals surface area contributed by atoms with E-state index in [9.17, 15) is 0 Å². The molecule has 0 aliphatic heterocycles. The summed E-state index contributed by atoms with van der Waals surface area (Å²) in [5.41, 5.74) is 2.54. The number of aromatic nitrogens is 4. The van der Waals surface area contributed by atoms with E-state index in [1.807, 2.05) is 7.05 Å². The Balaban J connectivity index is 2.21. The number of benzene rings is 1. The van der Waals surface area contributed by atoms with Crippen molar-refractivity contribution >= 4 is 11.8 Å². The Kier molecular flexibility index (Phi) is 4.55. The molecule has 0 radical (unpaired) electrons. The number of nitrogens with zero attached hydrogens (tertiary/aromatic N) is 4. The standard InChI is InChI=1S/C13H19N5S/c1-9(2)14-8-11-7-10(3)5-6-12(11)19-13-15-16-17-18(13)4/h5-7,9,14H,8H2,1-4H3. The van der Waals surface area contributed by atoms with E-state index < -0.39 is 0 Å². The number of rotatable bonds is 5. The van der Waals surface area contributed by atoms with Crippen LogP contribution in [-0.4, -0.2) is 26.2 Å². The SMILES string of the molecule is Cc1ccc(Sc2nnnn2C)c(CNC(C)C)c1. The van der Waals surface area contributed by atoms with Crippen LogP contribution in [0.5, 0.6) is 0 Å². The Labute approximate surface area is 117 Å². The highest BCUT2D eigenvalue weighted by atomic mass is 32.2. The van der Waals surface area contributed by atoms with E-state index in [1.54, 1.807) is 16.4 Å². The lowest BCUT2D eigenvalue weighted by Crippen LogP contribution is -2.22. The fourth-order valence-electron chi connectivity index (χ4n) is 1.67. The maximum Gasteiger partial charge on any atom is 0.213 e. The molecule has 1 aromatic carbocycles. The molecule has 0 aliphatic carbocycles. The van der Waals surface area contributed by atoms with Crippen LogP contribution >= 0.6 is 11.8 Å². The lowest BCUT2D eigenvalue weighted by Gasteiger charge is -2.12. The van der Waals surface area contributed by atoms with Crippen molar-refractivity contribution in [1.82, 2.24) is 25.5 Å². The molecule has 1 N–H and O–H groups in total. The van der Waals surface area contributed by atoms with E-state index in [1.165, 1.54) is 16.0 Å². The van der Waals surface area contributed by atoms with Gasteiger partial charge in [0.05, 0.1) is 0 Å². The van der Waals surface area contributed by atoms with Gasteiger partial charge in [-0.3, -0.25) is 0 Å². The van der Waals surface area contributed by atoms with Gasteiger partial charge in [-0.15, -0.1) is 5.10 Å². The number of hydrogen-bond donors (Lipinski definition) is 1. The second kappa shape index (κ2) is 6.16. The molecule has 2 aromatic rings. The van der Waals surface area contributed by atoms with E-state index in [2.05, 4.69) is 59.8 Å². The molecule has 0 unspecified atom stereocenters. The first-order valence-corrected chi connectivity index (χ1v) is 7.11. The van der Waals surface area contributed by atoms with Crippen LogP contribution in [0.25, 0.3) is 0 Å². The second-order valence-electron chi connectivity index (χ2n) is 4.83. The monoisotopic (exact) mass is 277 g/mol. The average Bonchev–Trinajstić information content (AvgIpc) is 2.75. The van der Waals surface area contributed by atoms with E-state index in [0.29, 0.717) is 6.04 Å². The van der Waals surface area contributed by atoms with Gasteiger partial charge in [0.2, 0.25) is 5.16 Å². The Hall–Kier alpha value is -1.40. The fraction of sp³-hybridized carbons (Fsp3) is 0.462. The number of tetrazole rings is 1. The predicted octanol–water partition coefficient (Wildman–Crippen LogP) is 2.17. The molecule has 1 heterocycles. The number of nitrogens with one attached hydrogen (secondary N) is 1. The topological polar surface area (TPSA) is 55.6 Å². The summed E-state index contributed by atoms with van der Waals surface area (Å²) in [6, 6.07) is 6.92. The highest BCUT2D eigenvalue weighted by molar-refractivity contribution is 7.99. The summed E-state index contributed by atoms with van der Waals surface area (Å²) in [6.45, 7) is 7.26. The van der Waals surface area contributed by atoms with E-state index >= 15 is 0 Å². The zero-order valence-electron chi connectivity index (χ0n) is 11.7. The summed E-state index contributed by atoms with van der Waals surface area (Å²) in [5.74, 6) is 0. The average molecular weight is 277 g/mol. The van der Waals surface area contributed by atoms with Gasteiger partial charge in [-0.1, -0.05) is 31.5 Å². The van der Waals surface area contributed by atoms with E-state index in [4.69, 9.17) is 0 Å². The molecule has 0 spiro atoms. The molecule has 2 rings (SSSR count). The molecule has 0 atom stereocenters. The van der Waals surface area contributed by atoms with E-state index in [0.717, 1.165) is 11.7 Å². The van der Waals surface area contributed by atoms with Crippen molar-refractivity contribution < 1.29 is 0 Å². The lowest BCUT2D eigenvalue weighted by atomic mass is 10.1. The molecular formula is C13H19N5S. The van der Waals surface area contributed by atoms with E-state index in [-0.39, 0.29) is 0 Å². The van der Waals surface area contributed by atoms with Crippen LogP contribution in [0.3, 0.4) is 0 Å². The van der Waals surface area contributed by atoms with Crippen LogP contribution < -0.4 is 5.32 Å². The maximum absolute atomic E-state index is 4.01. The van der Waals surface area contributed by atoms with Gasteiger partial charge in [-0.25, -0.2) is 4.68 Å². The van der Waals surface area contributed by atoms with Crippen molar-refractivity contribution in [3.8, 4) is 0 Å². The molecule has 0 saturated heterocycles. The Morgan fingerprint density at radius 3 is 2.79 bits per heavy atom. The molecule has 6 heteroatoms. The zero-order valence-corrected chi connectivity index (χ0v) is 12.5. The predicted molar refractivity (Wildman–Crippen MR) is 76.1 cm³/mol. The smallest absolute Gasteiger partial charge is 0.213 e. The minimum atomic E-state index is 0.467. The molecule has 0 amide bonds. The third kappa shape index (κ3) is 3.78. The van der Waals surface area contributed by atoms with Gasteiger partial charge in [0, 0.05) is 24.5 Å².